The first-order valence-electron chi connectivity index (χ1n) is 11.3. The van der Waals surface area contributed by atoms with Crippen LogP contribution in [-0.2, 0) is 16.6 Å². The molecule has 7 nitrogen and oxygen atoms in total. The molecular weight excluding hydrogens is 487 g/mol. The maximum Gasteiger partial charge on any atom is 0.260 e. The fourth-order valence-corrected chi connectivity index (χ4v) is 6.57. The van der Waals surface area contributed by atoms with E-state index >= 15 is 0 Å². The molecule has 2 aromatic heterocycles. The van der Waals surface area contributed by atoms with Crippen molar-refractivity contribution in [2.45, 2.75) is 30.7 Å². The monoisotopic (exact) mass is 510 g/mol. The molecule has 1 aliphatic heterocycles. The van der Waals surface area contributed by atoms with E-state index in [0.29, 0.717) is 34.2 Å². The molecule has 0 aliphatic carbocycles. The third-order valence-corrected chi connectivity index (χ3v) is 8.89. The van der Waals surface area contributed by atoms with Crippen LogP contribution in [0.4, 0.5) is 9.52 Å². The summed E-state index contributed by atoms with van der Waals surface area (Å²) in [4.78, 5) is 23.9. The van der Waals surface area contributed by atoms with Crippen molar-refractivity contribution in [2.24, 2.45) is 0 Å². The number of aromatic nitrogens is 2. The Hall–Kier alpha value is -3.21. The third-order valence-electron chi connectivity index (χ3n) is 5.93. The first-order valence-corrected chi connectivity index (χ1v) is 13.6. The molecule has 0 spiro atoms. The molecule has 0 unspecified atom stereocenters. The van der Waals surface area contributed by atoms with Crippen LogP contribution in [-0.4, -0.2) is 41.7 Å². The van der Waals surface area contributed by atoms with Gasteiger partial charge in [-0.1, -0.05) is 29.9 Å². The van der Waals surface area contributed by atoms with Gasteiger partial charge in [-0.2, -0.15) is 4.31 Å². The molecule has 1 aliphatic rings. The highest BCUT2D eigenvalue weighted by atomic mass is 32.2. The molecule has 180 valence electrons. The quantitative estimate of drug-likeness (QED) is 0.370. The molecule has 3 heterocycles. The summed E-state index contributed by atoms with van der Waals surface area (Å²) in [5.41, 5.74) is 1.15. The number of pyridine rings is 1. The molecule has 35 heavy (non-hydrogen) atoms. The van der Waals surface area contributed by atoms with Crippen LogP contribution in [0.5, 0.6) is 0 Å². The first kappa shape index (κ1) is 23.5. The fraction of sp³-hybridized carbons (Fsp3) is 0.240. The van der Waals surface area contributed by atoms with Crippen molar-refractivity contribution in [2.75, 3.05) is 18.0 Å². The topological polar surface area (TPSA) is 83.5 Å². The number of piperidine rings is 1. The summed E-state index contributed by atoms with van der Waals surface area (Å²) in [5.74, 6) is -0.834. The lowest BCUT2D eigenvalue weighted by Gasteiger charge is -2.26. The van der Waals surface area contributed by atoms with Gasteiger partial charge in [0.15, 0.2) is 5.13 Å². The highest BCUT2D eigenvalue weighted by Gasteiger charge is 2.27. The van der Waals surface area contributed by atoms with Crippen LogP contribution >= 0.6 is 11.3 Å². The Morgan fingerprint density at radius 2 is 1.77 bits per heavy atom. The number of anilines is 1. The van der Waals surface area contributed by atoms with Gasteiger partial charge in [-0.05, 0) is 61.4 Å². The molecule has 1 fully saturated rings. The SMILES string of the molecule is O=C(c1ccc(S(=O)(=O)N2CCCCC2)cc1)N(Cc1ccccn1)c1nc2c(F)cccc2s1. The van der Waals surface area contributed by atoms with Crippen LogP contribution in [0.25, 0.3) is 10.2 Å². The van der Waals surface area contributed by atoms with Gasteiger partial charge in [0, 0.05) is 24.8 Å². The van der Waals surface area contributed by atoms with Gasteiger partial charge < -0.3 is 0 Å². The maximum absolute atomic E-state index is 14.3. The number of halogens is 1. The largest absolute Gasteiger partial charge is 0.278 e. The number of hydrogen-bond donors (Lipinski definition) is 0. The number of carbonyl (C=O) groups is 1. The number of rotatable bonds is 6. The van der Waals surface area contributed by atoms with Gasteiger partial charge in [0.25, 0.3) is 5.91 Å². The van der Waals surface area contributed by atoms with Gasteiger partial charge >= 0.3 is 0 Å². The minimum absolute atomic E-state index is 0.134. The summed E-state index contributed by atoms with van der Waals surface area (Å²) in [6.07, 6.45) is 4.36. The molecule has 0 saturated carbocycles. The lowest BCUT2D eigenvalue weighted by atomic mass is 10.2. The third kappa shape index (κ3) is 4.82. The molecule has 1 amide bonds. The predicted octanol–water partition coefficient (Wildman–Crippen LogP) is 4.85. The molecule has 2 aromatic carbocycles. The maximum atomic E-state index is 14.3. The minimum atomic E-state index is -3.60. The average molecular weight is 511 g/mol. The van der Waals surface area contributed by atoms with E-state index in [1.807, 2.05) is 6.07 Å². The van der Waals surface area contributed by atoms with E-state index in [9.17, 15) is 17.6 Å². The van der Waals surface area contributed by atoms with Crippen LogP contribution in [0.1, 0.15) is 35.3 Å². The van der Waals surface area contributed by atoms with E-state index in [1.165, 1.54) is 50.9 Å². The van der Waals surface area contributed by atoms with E-state index < -0.39 is 15.8 Å². The van der Waals surface area contributed by atoms with Crippen molar-refractivity contribution in [3.05, 3.63) is 83.9 Å². The predicted molar refractivity (Wildman–Crippen MR) is 133 cm³/mol. The van der Waals surface area contributed by atoms with Gasteiger partial charge in [-0.3, -0.25) is 14.7 Å². The van der Waals surface area contributed by atoms with Crippen LogP contribution < -0.4 is 4.90 Å². The Balaban J connectivity index is 1.47. The highest BCUT2D eigenvalue weighted by molar-refractivity contribution is 7.89. The zero-order valence-electron chi connectivity index (χ0n) is 18.8. The van der Waals surface area contributed by atoms with Gasteiger partial charge in [0.1, 0.15) is 11.3 Å². The number of thiazole rings is 1. The highest BCUT2D eigenvalue weighted by Crippen LogP contribution is 2.32. The minimum Gasteiger partial charge on any atom is -0.278 e. The lowest BCUT2D eigenvalue weighted by Crippen LogP contribution is -2.35. The Morgan fingerprint density at radius 1 is 1.00 bits per heavy atom. The summed E-state index contributed by atoms with van der Waals surface area (Å²) in [5, 5.41) is 0.339. The fourth-order valence-electron chi connectivity index (χ4n) is 4.08. The zero-order chi connectivity index (χ0) is 24.4. The first-order chi connectivity index (χ1) is 16.9. The van der Waals surface area contributed by atoms with E-state index in [1.54, 1.807) is 30.5 Å². The van der Waals surface area contributed by atoms with Crippen molar-refractivity contribution in [3.8, 4) is 0 Å². The van der Waals surface area contributed by atoms with Crippen molar-refractivity contribution in [1.82, 2.24) is 14.3 Å². The molecule has 10 heteroatoms. The second-order valence-electron chi connectivity index (χ2n) is 8.28. The van der Waals surface area contributed by atoms with Crippen molar-refractivity contribution in [1.29, 1.82) is 0 Å². The summed E-state index contributed by atoms with van der Waals surface area (Å²) in [6.45, 7) is 1.15. The molecule has 4 aromatic rings. The smallest absolute Gasteiger partial charge is 0.260 e. The van der Waals surface area contributed by atoms with E-state index in [0.717, 1.165) is 19.3 Å². The summed E-state index contributed by atoms with van der Waals surface area (Å²) >= 11 is 1.21. The van der Waals surface area contributed by atoms with Crippen LogP contribution in [0.2, 0.25) is 0 Å². The second-order valence-corrected chi connectivity index (χ2v) is 11.2. The summed E-state index contributed by atoms with van der Waals surface area (Å²) < 4.78 is 42.4. The number of carbonyl (C=O) groups excluding carboxylic acids is 1. The second kappa shape index (κ2) is 9.80. The number of hydrogen-bond acceptors (Lipinski definition) is 6. The number of sulfonamides is 1. The molecule has 5 rings (SSSR count). The molecule has 1 saturated heterocycles. The van der Waals surface area contributed by atoms with Gasteiger partial charge in [0.05, 0.1) is 21.8 Å². The number of para-hydroxylation sites is 1. The Bertz CT molecular complexity index is 1450. The molecule has 0 atom stereocenters. The summed E-state index contributed by atoms with van der Waals surface area (Å²) in [7, 11) is -3.60. The Labute approximate surface area is 206 Å². The van der Waals surface area contributed by atoms with Gasteiger partial charge in [0.2, 0.25) is 10.0 Å². The summed E-state index contributed by atoms with van der Waals surface area (Å²) in [6, 6.07) is 16.0. The Morgan fingerprint density at radius 3 is 2.46 bits per heavy atom. The number of nitrogens with zero attached hydrogens (tertiary/aromatic N) is 4. The number of amides is 1. The van der Waals surface area contributed by atoms with E-state index in [2.05, 4.69) is 9.97 Å². The normalized spacial score (nSPS) is 14.8. The van der Waals surface area contributed by atoms with Crippen LogP contribution in [0.15, 0.2) is 71.8 Å². The van der Waals surface area contributed by atoms with E-state index in [-0.39, 0.29) is 22.9 Å². The van der Waals surface area contributed by atoms with Gasteiger partial charge in [-0.25, -0.2) is 17.8 Å². The van der Waals surface area contributed by atoms with Crippen molar-refractivity contribution in [3.63, 3.8) is 0 Å². The standard InChI is InChI=1S/C25H23FN4O3S2/c26-21-8-6-9-22-23(21)28-25(34-22)30(17-19-7-2-3-14-27-19)24(31)18-10-12-20(13-11-18)35(32,33)29-15-4-1-5-16-29/h2-3,6-14H,1,4-5,15-17H2. The van der Waals surface area contributed by atoms with Crippen molar-refractivity contribution < 1.29 is 17.6 Å². The lowest BCUT2D eigenvalue weighted by molar-refractivity contribution is 0.0984. The molecule has 0 bridgehead atoms. The molecular formula is C25H23FN4O3S2. The van der Waals surface area contributed by atoms with E-state index in [4.69, 9.17) is 0 Å². The van der Waals surface area contributed by atoms with Crippen molar-refractivity contribution >= 4 is 42.6 Å². The molecule has 0 radical (unpaired) electrons. The van der Waals surface area contributed by atoms with Gasteiger partial charge in [-0.15, -0.1) is 0 Å². The Kier molecular flexibility index (Phi) is 6.59. The average Bonchev–Trinajstić information content (AvgIpc) is 3.34. The zero-order valence-corrected chi connectivity index (χ0v) is 20.4. The number of benzene rings is 2. The van der Waals surface area contributed by atoms with Crippen LogP contribution in [0.3, 0.4) is 0 Å². The van der Waals surface area contributed by atoms with Crippen LogP contribution in [0, 0.1) is 5.82 Å². The molecule has 0 N–H and O–H groups in total. The number of fused-ring (bicyclic) bond motifs is 1.